The molecule has 0 aromatic heterocycles. The molecule has 1 aliphatic rings. The number of nitro groups is 1. The van der Waals surface area contributed by atoms with E-state index in [4.69, 9.17) is 5.73 Å². The summed E-state index contributed by atoms with van der Waals surface area (Å²) in [7, 11) is 0. The average molecular weight is 293 g/mol. The van der Waals surface area contributed by atoms with Crippen LogP contribution in [0.2, 0.25) is 0 Å². The van der Waals surface area contributed by atoms with Crippen LogP contribution in [0.3, 0.4) is 0 Å². The fourth-order valence-corrected chi connectivity index (χ4v) is 2.63. The van der Waals surface area contributed by atoms with Crippen molar-refractivity contribution in [2.24, 2.45) is 17.6 Å². The molecule has 1 saturated carbocycles. The monoisotopic (exact) mass is 293 g/mol. The van der Waals surface area contributed by atoms with Crippen molar-refractivity contribution in [2.45, 2.75) is 25.7 Å². The Morgan fingerprint density at radius 1 is 1.38 bits per heavy atom. The van der Waals surface area contributed by atoms with Gasteiger partial charge in [0.1, 0.15) is 5.75 Å². The minimum Gasteiger partial charge on any atom is -0.506 e. The lowest BCUT2D eigenvalue weighted by Gasteiger charge is -2.26. The number of hydrogen-bond donors (Lipinski definition) is 3. The standard InChI is InChI=1S/C14H19N3O4/c15-8-9-1-3-10(4-2-9)14(19)16-12-7-11(17(20)21)5-6-13(12)18/h5-7,9-10,18H,1-4,8,15H2,(H,16,19). The highest BCUT2D eigenvalue weighted by Gasteiger charge is 2.26. The third-order valence-corrected chi connectivity index (χ3v) is 4.00. The zero-order valence-corrected chi connectivity index (χ0v) is 11.6. The van der Waals surface area contributed by atoms with Gasteiger partial charge in [-0.05, 0) is 44.2 Å². The maximum absolute atomic E-state index is 12.2. The summed E-state index contributed by atoms with van der Waals surface area (Å²) >= 11 is 0. The number of benzene rings is 1. The van der Waals surface area contributed by atoms with E-state index in [-0.39, 0.29) is 28.9 Å². The molecule has 0 unspecified atom stereocenters. The molecule has 1 aliphatic carbocycles. The average Bonchev–Trinajstić information content (AvgIpc) is 2.49. The summed E-state index contributed by atoms with van der Waals surface area (Å²) in [5.74, 6) is -0.0439. The molecular weight excluding hydrogens is 274 g/mol. The van der Waals surface area contributed by atoms with Crippen molar-refractivity contribution < 1.29 is 14.8 Å². The predicted octanol–water partition coefficient (Wildman–Crippen LogP) is 2.00. The molecule has 1 aromatic rings. The van der Waals surface area contributed by atoms with Gasteiger partial charge in [0.2, 0.25) is 5.91 Å². The second-order valence-corrected chi connectivity index (χ2v) is 5.40. The smallest absolute Gasteiger partial charge is 0.271 e. The highest BCUT2D eigenvalue weighted by molar-refractivity contribution is 5.94. The highest BCUT2D eigenvalue weighted by atomic mass is 16.6. The lowest BCUT2D eigenvalue weighted by Crippen LogP contribution is -2.29. The first-order valence-electron chi connectivity index (χ1n) is 6.99. The van der Waals surface area contributed by atoms with Gasteiger partial charge < -0.3 is 16.2 Å². The van der Waals surface area contributed by atoms with E-state index in [1.54, 1.807) is 0 Å². The summed E-state index contributed by atoms with van der Waals surface area (Å²) in [6, 6.07) is 3.56. The van der Waals surface area contributed by atoms with Gasteiger partial charge >= 0.3 is 0 Å². The first-order valence-corrected chi connectivity index (χ1v) is 6.99. The number of non-ortho nitro benzene ring substituents is 1. The van der Waals surface area contributed by atoms with E-state index in [1.165, 1.54) is 18.2 Å². The molecule has 7 heteroatoms. The van der Waals surface area contributed by atoms with Crippen LogP contribution in [0.15, 0.2) is 18.2 Å². The van der Waals surface area contributed by atoms with Crippen molar-refractivity contribution >= 4 is 17.3 Å². The van der Waals surface area contributed by atoms with Gasteiger partial charge in [-0.15, -0.1) is 0 Å². The molecule has 0 aliphatic heterocycles. The third-order valence-electron chi connectivity index (χ3n) is 4.00. The molecule has 114 valence electrons. The number of aromatic hydroxyl groups is 1. The maximum Gasteiger partial charge on any atom is 0.271 e. The Hall–Kier alpha value is -2.15. The summed E-state index contributed by atoms with van der Waals surface area (Å²) in [6.07, 6.45) is 3.33. The van der Waals surface area contributed by atoms with Gasteiger partial charge in [-0.2, -0.15) is 0 Å². The van der Waals surface area contributed by atoms with Gasteiger partial charge in [0.15, 0.2) is 0 Å². The van der Waals surface area contributed by atoms with E-state index in [9.17, 15) is 20.0 Å². The molecule has 1 aromatic carbocycles. The van der Waals surface area contributed by atoms with Gasteiger partial charge in [0.25, 0.3) is 5.69 Å². The van der Waals surface area contributed by atoms with Crippen LogP contribution >= 0.6 is 0 Å². The number of nitrogens with one attached hydrogen (secondary N) is 1. The Morgan fingerprint density at radius 3 is 2.62 bits per heavy atom. The summed E-state index contributed by atoms with van der Waals surface area (Å²) in [6.45, 7) is 0.639. The number of phenols is 1. The van der Waals surface area contributed by atoms with Crippen molar-refractivity contribution in [3.05, 3.63) is 28.3 Å². The summed E-state index contributed by atoms with van der Waals surface area (Å²) in [4.78, 5) is 22.3. The molecule has 7 nitrogen and oxygen atoms in total. The van der Waals surface area contributed by atoms with Gasteiger partial charge in [-0.25, -0.2) is 0 Å². The van der Waals surface area contributed by atoms with Gasteiger partial charge in [-0.1, -0.05) is 0 Å². The second kappa shape index (κ2) is 6.53. The third kappa shape index (κ3) is 3.69. The Labute approximate surface area is 122 Å². The quantitative estimate of drug-likeness (QED) is 0.445. The number of hydrogen-bond acceptors (Lipinski definition) is 5. The Bertz CT molecular complexity index is 539. The molecule has 1 fully saturated rings. The molecule has 0 atom stereocenters. The van der Waals surface area contributed by atoms with Crippen LogP contribution < -0.4 is 11.1 Å². The number of nitro benzene ring substituents is 1. The van der Waals surface area contributed by atoms with E-state index < -0.39 is 4.92 Å². The number of carbonyl (C=O) groups is 1. The number of nitrogens with zero attached hydrogens (tertiary/aromatic N) is 1. The van der Waals surface area contributed by atoms with E-state index in [0.717, 1.165) is 25.7 Å². The van der Waals surface area contributed by atoms with E-state index >= 15 is 0 Å². The van der Waals surface area contributed by atoms with Gasteiger partial charge in [0.05, 0.1) is 10.6 Å². The summed E-state index contributed by atoms with van der Waals surface area (Å²) in [5.41, 5.74) is 5.52. The lowest BCUT2D eigenvalue weighted by molar-refractivity contribution is -0.384. The minimum atomic E-state index is -0.568. The number of rotatable bonds is 4. The number of phenolic OH excluding ortho intramolecular Hbond substituents is 1. The normalized spacial score (nSPS) is 21.8. The topological polar surface area (TPSA) is 118 Å². The lowest BCUT2D eigenvalue weighted by atomic mass is 9.81. The zero-order valence-electron chi connectivity index (χ0n) is 11.6. The molecule has 0 saturated heterocycles. The van der Waals surface area contributed by atoms with Crippen molar-refractivity contribution in [2.75, 3.05) is 11.9 Å². The van der Waals surface area contributed by atoms with E-state index in [1.807, 2.05) is 0 Å². The maximum atomic E-state index is 12.2. The van der Waals surface area contributed by atoms with Crippen LogP contribution in [-0.2, 0) is 4.79 Å². The van der Waals surface area contributed by atoms with Crippen molar-refractivity contribution in [1.82, 2.24) is 0 Å². The fraction of sp³-hybridized carbons (Fsp3) is 0.500. The van der Waals surface area contributed by atoms with Crippen LogP contribution in [0, 0.1) is 22.0 Å². The molecule has 1 amide bonds. The molecular formula is C14H19N3O4. The Kier molecular flexibility index (Phi) is 4.74. The Balaban J connectivity index is 2.03. The number of nitrogens with two attached hydrogens (primary N) is 1. The van der Waals surface area contributed by atoms with Crippen LogP contribution in [0.5, 0.6) is 5.75 Å². The van der Waals surface area contributed by atoms with E-state index in [0.29, 0.717) is 12.5 Å². The molecule has 0 heterocycles. The SMILES string of the molecule is NCC1CCC(C(=O)Nc2cc([N+](=O)[O-])ccc2O)CC1. The molecule has 2 rings (SSSR count). The first-order chi connectivity index (χ1) is 10.0. The van der Waals surface area contributed by atoms with Gasteiger partial charge in [0, 0.05) is 18.1 Å². The minimum absolute atomic E-state index is 0.0788. The molecule has 4 N–H and O–H groups in total. The van der Waals surface area contributed by atoms with Gasteiger partial charge in [-0.3, -0.25) is 14.9 Å². The van der Waals surface area contributed by atoms with Crippen LogP contribution in [0.1, 0.15) is 25.7 Å². The predicted molar refractivity (Wildman–Crippen MR) is 77.9 cm³/mol. The van der Waals surface area contributed by atoms with Crippen LogP contribution in [-0.4, -0.2) is 22.5 Å². The van der Waals surface area contributed by atoms with Crippen molar-refractivity contribution in [1.29, 1.82) is 0 Å². The first kappa shape index (κ1) is 15.2. The number of amides is 1. The fourth-order valence-electron chi connectivity index (χ4n) is 2.63. The highest BCUT2D eigenvalue weighted by Crippen LogP contribution is 2.32. The van der Waals surface area contributed by atoms with Crippen LogP contribution in [0.4, 0.5) is 11.4 Å². The van der Waals surface area contributed by atoms with Crippen LogP contribution in [0.25, 0.3) is 0 Å². The Morgan fingerprint density at radius 2 is 2.05 bits per heavy atom. The largest absolute Gasteiger partial charge is 0.506 e. The number of carbonyl (C=O) groups excluding carboxylic acids is 1. The summed E-state index contributed by atoms with van der Waals surface area (Å²) < 4.78 is 0. The second-order valence-electron chi connectivity index (χ2n) is 5.40. The molecule has 0 bridgehead atoms. The zero-order chi connectivity index (χ0) is 15.4. The summed E-state index contributed by atoms with van der Waals surface area (Å²) in [5, 5.41) is 23.0. The van der Waals surface area contributed by atoms with Crippen molar-refractivity contribution in [3.8, 4) is 5.75 Å². The van der Waals surface area contributed by atoms with Crippen molar-refractivity contribution in [3.63, 3.8) is 0 Å². The molecule has 0 spiro atoms. The molecule has 0 radical (unpaired) electrons. The molecule has 21 heavy (non-hydrogen) atoms. The number of anilines is 1. The van der Waals surface area contributed by atoms with E-state index in [2.05, 4.69) is 5.32 Å².